The molecule has 0 unspecified atom stereocenters. The van der Waals surface area contributed by atoms with Crippen LogP contribution in [-0.2, 0) is 20.9 Å². The minimum atomic E-state index is -0.396. The Labute approximate surface area is 159 Å². The second kappa shape index (κ2) is 10.2. The van der Waals surface area contributed by atoms with Crippen LogP contribution in [0.4, 0.5) is 0 Å². The topological polar surface area (TPSA) is 73.9 Å². The number of nitrogens with one attached hydrogen (secondary N) is 1. The van der Waals surface area contributed by atoms with Gasteiger partial charge in [0.1, 0.15) is 0 Å². The minimum absolute atomic E-state index is 0.0357. The molecular weight excluding hydrogens is 346 g/mol. The van der Waals surface area contributed by atoms with E-state index in [9.17, 15) is 9.59 Å². The maximum Gasteiger partial charge on any atom is 0.306 e. The van der Waals surface area contributed by atoms with Crippen LogP contribution >= 0.6 is 0 Å². The van der Waals surface area contributed by atoms with Gasteiger partial charge in [0.05, 0.1) is 20.6 Å². The third-order valence-electron chi connectivity index (χ3n) is 4.14. The van der Waals surface area contributed by atoms with E-state index in [2.05, 4.69) is 5.32 Å². The molecule has 0 aromatic heterocycles. The van der Waals surface area contributed by atoms with Crippen molar-refractivity contribution in [2.24, 2.45) is 0 Å². The number of esters is 1. The molecule has 0 aliphatic carbocycles. The first kappa shape index (κ1) is 20.3. The fourth-order valence-corrected chi connectivity index (χ4v) is 2.60. The maximum atomic E-state index is 11.9. The molecule has 0 aliphatic rings. The maximum absolute atomic E-state index is 11.9. The van der Waals surface area contributed by atoms with Crippen molar-refractivity contribution in [3.8, 4) is 11.5 Å². The van der Waals surface area contributed by atoms with Gasteiger partial charge in [0.25, 0.3) is 5.91 Å². The molecule has 0 radical (unpaired) electrons. The van der Waals surface area contributed by atoms with E-state index >= 15 is 0 Å². The van der Waals surface area contributed by atoms with Crippen molar-refractivity contribution in [1.29, 1.82) is 0 Å². The van der Waals surface area contributed by atoms with E-state index in [1.54, 1.807) is 26.4 Å². The van der Waals surface area contributed by atoms with E-state index in [1.807, 2.05) is 43.3 Å². The van der Waals surface area contributed by atoms with Gasteiger partial charge < -0.3 is 19.5 Å². The van der Waals surface area contributed by atoms with Gasteiger partial charge in [0.15, 0.2) is 18.1 Å². The summed E-state index contributed by atoms with van der Waals surface area (Å²) >= 11 is 0. The Kier molecular flexibility index (Phi) is 7.67. The predicted octanol–water partition coefficient (Wildman–Crippen LogP) is 3.06. The van der Waals surface area contributed by atoms with E-state index in [0.717, 1.165) is 11.1 Å². The third kappa shape index (κ3) is 6.33. The summed E-state index contributed by atoms with van der Waals surface area (Å²) in [6.07, 6.45) is 0.229. The number of carbonyl (C=O) groups excluding carboxylic acids is 2. The summed E-state index contributed by atoms with van der Waals surface area (Å²) in [5, 5.41) is 2.72. The Morgan fingerprint density at radius 3 is 2.37 bits per heavy atom. The molecule has 6 nitrogen and oxygen atoms in total. The molecule has 1 amide bonds. The van der Waals surface area contributed by atoms with Gasteiger partial charge >= 0.3 is 5.97 Å². The zero-order chi connectivity index (χ0) is 19.6. The molecule has 2 aromatic carbocycles. The highest BCUT2D eigenvalue weighted by Crippen LogP contribution is 2.27. The normalized spacial score (nSPS) is 11.4. The Morgan fingerprint density at radius 1 is 1.00 bits per heavy atom. The van der Waals surface area contributed by atoms with Crippen LogP contribution in [0.3, 0.4) is 0 Å². The third-order valence-corrected chi connectivity index (χ3v) is 4.14. The zero-order valence-corrected chi connectivity index (χ0v) is 15.9. The lowest BCUT2D eigenvalue weighted by molar-refractivity contribution is -0.148. The van der Waals surface area contributed by atoms with E-state index in [-0.39, 0.29) is 24.9 Å². The predicted molar refractivity (Wildman–Crippen MR) is 102 cm³/mol. The summed E-state index contributed by atoms with van der Waals surface area (Å²) in [6.45, 7) is 1.96. The summed E-state index contributed by atoms with van der Waals surface area (Å²) in [7, 11) is 3.11. The average Bonchev–Trinajstić information content (AvgIpc) is 2.71. The standard InChI is InChI=1S/C21H25NO5/c1-15(17-7-5-4-6-8-17)11-21(24)27-14-20(23)22-13-16-9-10-18(25-2)19(12-16)26-3/h4-10,12,15H,11,13-14H2,1-3H3,(H,22,23)/t15-/m0/s1. The molecule has 2 aromatic rings. The number of ether oxygens (including phenoxy) is 3. The smallest absolute Gasteiger partial charge is 0.306 e. The second-order valence-electron chi connectivity index (χ2n) is 6.14. The second-order valence-corrected chi connectivity index (χ2v) is 6.14. The quantitative estimate of drug-likeness (QED) is 0.686. The SMILES string of the molecule is COc1ccc(CNC(=O)COC(=O)C[C@H](C)c2ccccc2)cc1OC. The number of amides is 1. The summed E-state index contributed by atoms with van der Waals surface area (Å²) in [5.74, 6) is 0.492. The number of hydrogen-bond donors (Lipinski definition) is 1. The highest BCUT2D eigenvalue weighted by atomic mass is 16.5. The molecule has 144 valence electrons. The molecule has 27 heavy (non-hydrogen) atoms. The van der Waals surface area contributed by atoms with Crippen molar-refractivity contribution in [3.05, 3.63) is 59.7 Å². The fraction of sp³-hybridized carbons (Fsp3) is 0.333. The molecule has 0 fully saturated rings. The van der Waals surface area contributed by atoms with Gasteiger partial charge in [-0.2, -0.15) is 0 Å². The molecule has 0 heterocycles. The van der Waals surface area contributed by atoms with Crippen LogP contribution in [0, 0.1) is 0 Å². The van der Waals surface area contributed by atoms with E-state index < -0.39 is 5.97 Å². The van der Waals surface area contributed by atoms with Crippen LogP contribution in [0.2, 0.25) is 0 Å². The first-order valence-electron chi connectivity index (χ1n) is 8.71. The first-order valence-corrected chi connectivity index (χ1v) is 8.71. The fourth-order valence-electron chi connectivity index (χ4n) is 2.60. The minimum Gasteiger partial charge on any atom is -0.493 e. The molecule has 0 saturated carbocycles. The summed E-state index contributed by atoms with van der Waals surface area (Å²) < 4.78 is 15.5. The van der Waals surface area contributed by atoms with Gasteiger partial charge in [0, 0.05) is 6.54 Å². The summed E-state index contributed by atoms with van der Waals surface area (Å²) in [6, 6.07) is 15.1. The van der Waals surface area contributed by atoms with Crippen molar-refractivity contribution >= 4 is 11.9 Å². The van der Waals surface area contributed by atoms with Crippen molar-refractivity contribution in [3.63, 3.8) is 0 Å². The Morgan fingerprint density at radius 2 is 1.70 bits per heavy atom. The lowest BCUT2D eigenvalue weighted by Crippen LogP contribution is -2.28. The van der Waals surface area contributed by atoms with Crippen LogP contribution in [0.15, 0.2) is 48.5 Å². The first-order chi connectivity index (χ1) is 13.0. The van der Waals surface area contributed by atoms with Crippen LogP contribution < -0.4 is 14.8 Å². The van der Waals surface area contributed by atoms with Crippen molar-refractivity contribution in [1.82, 2.24) is 5.32 Å². The number of benzene rings is 2. The Hall–Kier alpha value is -3.02. The molecule has 0 aliphatic heterocycles. The van der Waals surface area contributed by atoms with Gasteiger partial charge in [-0.15, -0.1) is 0 Å². The summed E-state index contributed by atoms with van der Waals surface area (Å²) in [4.78, 5) is 23.8. The monoisotopic (exact) mass is 371 g/mol. The van der Waals surface area contributed by atoms with E-state index in [0.29, 0.717) is 18.0 Å². The lowest BCUT2D eigenvalue weighted by Gasteiger charge is -2.12. The Balaban J connectivity index is 1.75. The highest BCUT2D eigenvalue weighted by Gasteiger charge is 2.14. The van der Waals surface area contributed by atoms with Gasteiger partial charge in [-0.1, -0.05) is 43.3 Å². The van der Waals surface area contributed by atoms with Crippen molar-refractivity contribution in [2.75, 3.05) is 20.8 Å². The van der Waals surface area contributed by atoms with Crippen LogP contribution in [0.25, 0.3) is 0 Å². The van der Waals surface area contributed by atoms with Crippen molar-refractivity contribution in [2.45, 2.75) is 25.8 Å². The highest BCUT2D eigenvalue weighted by molar-refractivity contribution is 5.80. The van der Waals surface area contributed by atoms with E-state index in [4.69, 9.17) is 14.2 Å². The van der Waals surface area contributed by atoms with Gasteiger partial charge in [-0.25, -0.2) is 0 Å². The zero-order valence-electron chi connectivity index (χ0n) is 15.9. The largest absolute Gasteiger partial charge is 0.493 e. The van der Waals surface area contributed by atoms with Crippen LogP contribution in [0.5, 0.6) is 11.5 Å². The molecule has 0 saturated heterocycles. The molecule has 1 N–H and O–H groups in total. The van der Waals surface area contributed by atoms with Gasteiger partial charge in [-0.3, -0.25) is 9.59 Å². The number of methoxy groups -OCH3 is 2. The number of rotatable bonds is 9. The van der Waals surface area contributed by atoms with Crippen molar-refractivity contribution < 1.29 is 23.8 Å². The molecule has 2 rings (SSSR count). The van der Waals surface area contributed by atoms with Gasteiger partial charge in [0.2, 0.25) is 0 Å². The summed E-state index contributed by atoms with van der Waals surface area (Å²) in [5.41, 5.74) is 1.91. The molecular formula is C21H25NO5. The van der Waals surface area contributed by atoms with Crippen LogP contribution in [-0.4, -0.2) is 32.7 Å². The molecule has 0 bridgehead atoms. The number of carbonyl (C=O) groups is 2. The lowest BCUT2D eigenvalue weighted by atomic mass is 9.98. The molecule has 1 atom stereocenters. The molecule has 6 heteroatoms. The number of hydrogen-bond acceptors (Lipinski definition) is 5. The van der Waals surface area contributed by atoms with E-state index in [1.165, 1.54) is 0 Å². The average molecular weight is 371 g/mol. The van der Waals surface area contributed by atoms with Crippen LogP contribution in [0.1, 0.15) is 30.4 Å². The molecule has 0 spiro atoms. The Bertz CT molecular complexity index is 760. The van der Waals surface area contributed by atoms with Gasteiger partial charge in [-0.05, 0) is 29.2 Å².